The van der Waals surface area contributed by atoms with E-state index in [-0.39, 0.29) is 5.54 Å². The zero-order chi connectivity index (χ0) is 31.2. The molecule has 0 atom stereocenters. The predicted molar refractivity (Wildman–Crippen MR) is 181 cm³/mol. The summed E-state index contributed by atoms with van der Waals surface area (Å²) in [4.78, 5) is 20.6. The number of rotatable bonds is 8. The summed E-state index contributed by atoms with van der Waals surface area (Å²) in [6, 6.07) is 8.15. The van der Waals surface area contributed by atoms with Crippen LogP contribution in [0.25, 0.3) is 11.0 Å². The first-order chi connectivity index (χ1) is 20.9. The van der Waals surface area contributed by atoms with Gasteiger partial charge in [0.2, 0.25) is 5.95 Å². The molecule has 0 unspecified atom stereocenters. The fraction of sp³-hybridized carbons (Fsp3) is 0.455. The van der Waals surface area contributed by atoms with Crippen molar-refractivity contribution in [2.24, 2.45) is 0 Å². The van der Waals surface area contributed by atoms with Crippen molar-refractivity contribution in [1.29, 1.82) is 0 Å². The van der Waals surface area contributed by atoms with Gasteiger partial charge in [0.1, 0.15) is 23.4 Å². The lowest BCUT2D eigenvalue weighted by atomic mass is 9.83. The molecule has 2 N–H and O–H groups in total. The van der Waals surface area contributed by atoms with E-state index in [0.29, 0.717) is 50.6 Å². The molecule has 3 heterocycles. The minimum Gasteiger partial charge on any atom is -0.495 e. The van der Waals surface area contributed by atoms with E-state index in [0.717, 1.165) is 37.4 Å². The van der Waals surface area contributed by atoms with Crippen molar-refractivity contribution in [3.63, 3.8) is 0 Å². The third kappa shape index (κ3) is 6.42. The number of hydrogen-bond acceptors (Lipinski definition) is 9. The Balaban J connectivity index is 1.30. The number of ether oxygens (including phenoxy) is 1. The Bertz CT molecular complexity index is 1740. The summed E-state index contributed by atoms with van der Waals surface area (Å²) < 4.78 is 19.3. The molecule has 2 aliphatic rings. The summed E-state index contributed by atoms with van der Waals surface area (Å²) >= 11 is 6.57. The minimum absolute atomic E-state index is 0.193. The molecule has 1 aliphatic heterocycles. The standard InChI is InChI=1S/C33H41ClN7O2P/c1-33(2,3)41-15-11-21(12-16-41)23-18-28(43-4)27(17-22(23)20-7-8-20)39-32-37-19-24(34)31(40-32)38-26-10-9-25-29(36-14-13-35-25)30(26)44(5,6)42/h9-10,13-14,17-21H,7-8,11-12,15-16H2,1-6H3,(H2,37,38,39,40). The molecule has 2 aromatic heterocycles. The van der Waals surface area contributed by atoms with E-state index in [1.807, 2.05) is 12.1 Å². The molecule has 9 nitrogen and oxygen atoms in total. The number of methoxy groups -OCH3 is 1. The van der Waals surface area contributed by atoms with Gasteiger partial charge in [-0.2, -0.15) is 4.98 Å². The highest BCUT2D eigenvalue weighted by molar-refractivity contribution is 7.71. The molecule has 0 bridgehead atoms. The number of aromatic nitrogens is 4. The van der Waals surface area contributed by atoms with Crippen LogP contribution in [0.4, 0.5) is 23.1 Å². The third-order valence-corrected chi connectivity index (χ3v) is 10.5. The molecule has 232 valence electrons. The maximum atomic E-state index is 13.4. The Hall–Kier alpha value is -3.26. The van der Waals surface area contributed by atoms with Gasteiger partial charge in [0, 0.05) is 17.9 Å². The number of piperidine rings is 1. The van der Waals surface area contributed by atoms with Crippen molar-refractivity contribution < 1.29 is 9.30 Å². The highest BCUT2D eigenvalue weighted by atomic mass is 35.5. The van der Waals surface area contributed by atoms with E-state index in [1.54, 1.807) is 39.0 Å². The first-order valence-corrected chi connectivity index (χ1v) is 18.2. The van der Waals surface area contributed by atoms with E-state index < -0.39 is 7.14 Å². The van der Waals surface area contributed by atoms with Crippen molar-refractivity contribution >= 4 is 58.2 Å². The fourth-order valence-corrected chi connectivity index (χ4v) is 7.80. The van der Waals surface area contributed by atoms with Crippen molar-refractivity contribution in [2.75, 3.05) is 44.2 Å². The summed E-state index contributed by atoms with van der Waals surface area (Å²) in [6.07, 6.45) is 9.50. The normalized spacial score (nSPS) is 16.7. The number of hydrogen-bond donors (Lipinski definition) is 2. The van der Waals surface area contributed by atoms with Crippen LogP contribution in [0.2, 0.25) is 5.02 Å². The number of fused-ring (bicyclic) bond motifs is 1. The van der Waals surface area contributed by atoms with E-state index in [9.17, 15) is 4.57 Å². The second kappa shape index (κ2) is 11.9. The first-order valence-electron chi connectivity index (χ1n) is 15.2. The van der Waals surface area contributed by atoms with Gasteiger partial charge in [0.25, 0.3) is 0 Å². The van der Waals surface area contributed by atoms with Crippen LogP contribution in [-0.2, 0) is 4.57 Å². The van der Waals surface area contributed by atoms with Crippen LogP contribution in [0.15, 0.2) is 42.9 Å². The zero-order valence-corrected chi connectivity index (χ0v) is 28.0. The topological polar surface area (TPSA) is 105 Å². The van der Waals surface area contributed by atoms with Gasteiger partial charge in [-0.25, -0.2) is 4.98 Å². The van der Waals surface area contributed by atoms with Crippen molar-refractivity contribution in [2.45, 2.75) is 63.8 Å². The second-order valence-electron chi connectivity index (χ2n) is 13.3. The molecule has 1 saturated carbocycles. The Morgan fingerprint density at radius 2 is 1.61 bits per heavy atom. The van der Waals surface area contributed by atoms with Crippen LogP contribution in [0.1, 0.15) is 69.4 Å². The Morgan fingerprint density at radius 1 is 0.932 bits per heavy atom. The molecule has 4 aromatic rings. The van der Waals surface area contributed by atoms with Gasteiger partial charge < -0.3 is 19.9 Å². The zero-order valence-electron chi connectivity index (χ0n) is 26.3. The maximum absolute atomic E-state index is 13.4. The number of nitrogens with one attached hydrogen (secondary N) is 2. The summed E-state index contributed by atoms with van der Waals surface area (Å²) in [5.74, 6) is 2.63. The molecule has 1 aliphatic carbocycles. The molecular weight excluding hydrogens is 593 g/mol. The van der Waals surface area contributed by atoms with Gasteiger partial charge in [-0.15, -0.1) is 0 Å². The van der Waals surface area contributed by atoms with Crippen molar-refractivity contribution in [1.82, 2.24) is 24.8 Å². The SMILES string of the molecule is COc1cc(C2CCN(C(C)(C)C)CC2)c(C2CC2)cc1Nc1ncc(Cl)c(Nc2ccc3nccnc3c2P(C)(C)=O)n1. The van der Waals surface area contributed by atoms with Crippen LogP contribution in [0.3, 0.4) is 0 Å². The van der Waals surface area contributed by atoms with Gasteiger partial charge >= 0.3 is 0 Å². The Morgan fingerprint density at radius 3 is 2.27 bits per heavy atom. The lowest BCUT2D eigenvalue weighted by Crippen LogP contribution is -2.45. The third-order valence-electron chi connectivity index (χ3n) is 8.70. The fourth-order valence-electron chi connectivity index (χ4n) is 6.27. The lowest BCUT2D eigenvalue weighted by molar-refractivity contribution is 0.102. The molecule has 6 rings (SSSR count). The summed E-state index contributed by atoms with van der Waals surface area (Å²) in [6.45, 7) is 12.5. The number of anilines is 4. The van der Waals surface area contributed by atoms with Crippen molar-refractivity contribution in [3.05, 3.63) is 59.0 Å². The first kappa shape index (κ1) is 30.8. The van der Waals surface area contributed by atoms with E-state index in [1.165, 1.54) is 24.0 Å². The maximum Gasteiger partial charge on any atom is 0.229 e. The quantitative estimate of drug-likeness (QED) is 0.189. The van der Waals surface area contributed by atoms with Crippen LogP contribution < -0.4 is 20.7 Å². The predicted octanol–water partition coefficient (Wildman–Crippen LogP) is 7.67. The summed E-state index contributed by atoms with van der Waals surface area (Å²) in [5.41, 5.74) is 5.72. The number of benzene rings is 2. The molecule has 1 saturated heterocycles. The molecule has 0 amide bonds. The average molecular weight is 634 g/mol. The molecular formula is C33H41ClN7O2P. The van der Waals surface area contributed by atoms with E-state index in [4.69, 9.17) is 21.3 Å². The molecule has 2 fully saturated rings. The highest BCUT2D eigenvalue weighted by Gasteiger charge is 2.33. The average Bonchev–Trinajstić information content (AvgIpc) is 3.83. The molecule has 44 heavy (non-hydrogen) atoms. The van der Waals surface area contributed by atoms with Gasteiger partial charge in [0.05, 0.1) is 35.5 Å². The van der Waals surface area contributed by atoms with E-state index in [2.05, 4.69) is 63.4 Å². The van der Waals surface area contributed by atoms with Gasteiger partial charge in [-0.1, -0.05) is 11.6 Å². The number of halogens is 1. The van der Waals surface area contributed by atoms with Gasteiger partial charge in [-0.3, -0.25) is 14.9 Å². The monoisotopic (exact) mass is 633 g/mol. The number of likely N-dealkylation sites (tertiary alicyclic amines) is 1. The van der Waals surface area contributed by atoms with Crippen LogP contribution in [-0.4, -0.2) is 63.9 Å². The molecule has 0 radical (unpaired) electrons. The lowest BCUT2D eigenvalue weighted by Gasteiger charge is -2.41. The smallest absolute Gasteiger partial charge is 0.229 e. The number of nitrogens with zero attached hydrogens (tertiary/aromatic N) is 5. The second-order valence-corrected chi connectivity index (χ2v) is 16.8. The summed E-state index contributed by atoms with van der Waals surface area (Å²) in [5, 5.41) is 7.64. The van der Waals surface area contributed by atoms with Crippen LogP contribution >= 0.6 is 18.7 Å². The van der Waals surface area contributed by atoms with Gasteiger partial charge in [-0.05, 0) is 120 Å². The van der Waals surface area contributed by atoms with Crippen molar-refractivity contribution in [3.8, 4) is 5.75 Å². The Kier molecular flexibility index (Phi) is 8.33. The minimum atomic E-state index is -2.75. The molecule has 2 aromatic carbocycles. The van der Waals surface area contributed by atoms with E-state index >= 15 is 0 Å². The van der Waals surface area contributed by atoms with Crippen LogP contribution in [0, 0.1) is 0 Å². The highest BCUT2D eigenvalue weighted by Crippen LogP contribution is 2.48. The van der Waals surface area contributed by atoms with Crippen LogP contribution in [0.5, 0.6) is 5.75 Å². The molecule has 0 spiro atoms. The summed E-state index contributed by atoms with van der Waals surface area (Å²) in [7, 11) is -1.05. The molecule has 11 heteroatoms. The van der Waals surface area contributed by atoms with Gasteiger partial charge in [0.15, 0.2) is 5.82 Å². The Labute approximate surface area is 264 Å². The largest absolute Gasteiger partial charge is 0.495 e.